The topological polar surface area (TPSA) is 68.2 Å². The van der Waals surface area contributed by atoms with E-state index in [1.54, 1.807) is 49.5 Å². The molecule has 4 rings (SSSR count). The molecule has 3 aromatic carbocycles. The number of benzene rings is 3. The Hall–Kier alpha value is -3.67. The number of amidine groups is 1. The van der Waals surface area contributed by atoms with Gasteiger partial charge >= 0.3 is 199 Å². The molecule has 166 valence electrons. The van der Waals surface area contributed by atoms with Gasteiger partial charge in [0.15, 0.2) is 0 Å². The van der Waals surface area contributed by atoms with E-state index in [4.69, 9.17) is 9.47 Å². The van der Waals surface area contributed by atoms with E-state index in [0.29, 0.717) is 32.8 Å². The molecule has 0 aromatic heterocycles. The fourth-order valence-electron chi connectivity index (χ4n) is 3.34. The first-order valence-electron chi connectivity index (χ1n) is 10.2. The van der Waals surface area contributed by atoms with Crippen molar-refractivity contribution in [1.29, 1.82) is 0 Å². The molecule has 0 atom stereocenters. The number of ether oxygens (including phenoxy) is 2. The molecule has 1 aliphatic rings. The standard InChI is InChI=1S/C26H22N2O4Se/c1-31-23-14-13-18(16-24(23)32-2)15-21-25(30)28(20-11-7-4-8-12-20)26(27-21)33-17-22(29)19-9-5-3-6-10-19/h3-16H,17H2,1-2H3/b21-15-. The Morgan fingerprint density at radius 1 is 0.939 bits per heavy atom. The summed E-state index contributed by atoms with van der Waals surface area (Å²) < 4.78 is 11.3. The number of hydrogen-bond donors (Lipinski definition) is 0. The molecule has 0 fully saturated rings. The van der Waals surface area contributed by atoms with Gasteiger partial charge < -0.3 is 0 Å². The predicted octanol–water partition coefficient (Wildman–Crippen LogP) is 4.45. The van der Waals surface area contributed by atoms with Gasteiger partial charge in [-0.25, -0.2) is 0 Å². The average molecular weight is 505 g/mol. The van der Waals surface area contributed by atoms with Crippen LogP contribution >= 0.6 is 0 Å². The van der Waals surface area contributed by atoms with Crippen molar-refractivity contribution in [3.8, 4) is 11.5 Å². The molecule has 0 N–H and O–H groups in total. The van der Waals surface area contributed by atoms with Gasteiger partial charge in [-0.1, -0.05) is 0 Å². The minimum atomic E-state index is -0.328. The SMILES string of the molecule is COc1ccc(/C=C2\N=C([Se]CC(=O)c3ccccc3)N(c3ccccc3)C2=O)cc1OC. The number of carbonyl (C=O) groups excluding carboxylic acids is 2. The van der Waals surface area contributed by atoms with Gasteiger partial charge in [-0.2, -0.15) is 0 Å². The molecule has 1 amide bonds. The van der Waals surface area contributed by atoms with Crippen molar-refractivity contribution >= 4 is 43.1 Å². The number of anilines is 1. The summed E-state index contributed by atoms with van der Waals surface area (Å²) in [6.45, 7) is 0. The Kier molecular flexibility index (Phi) is 7.03. The molecule has 1 aliphatic heterocycles. The van der Waals surface area contributed by atoms with Crippen LogP contribution in [0.15, 0.2) is 89.6 Å². The van der Waals surface area contributed by atoms with Gasteiger partial charge in [0.25, 0.3) is 0 Å². The number of aliphatic imine (C=N–C) groups is 1. The van der Waals surface area contributed by atoms with Crippen LogP contribution in [0.25, 0.3) is 6.08 Å². The number of amides is 1. The Bertz CT molecular complexity index is 1220. The molecule has 3 aromatic rings. The van der Waals surface area contributed by atoms with Crippen LogP contribution in [0.4, 0.5) is 5.69 Å². The number of ketones is 1. The van der Waals surface area contributed by atoms with Gasteiger partial charge in [0.1, 0.15) is 0 Å². The summed E-state index contributed by atoms with van der Waals surface area (Å²) in [7, 11) is 3.14. The van der Waals surface area contributed by atoms with E-state index in [-0.39, 0.29) is 26.6 Å². The van der Waals surface area contributed by atoms with Crippen molar-refractivity contribution in [1.82, 2.24) is 0 Å². The molecule has 1 heterocycles. The van der Waals surface area contributed by atoms with Crippen LogP contribution < -0.4 is 14.4 Å². The van der Waals surface area contributed by atoms with E-state index in [2.05, 4.69) is 4.99 Å². The summed E-state index contributed by atoms with van der Waals surface area (Å²) in [5.41, 5.74) is 2.47. The van der Waals surface area contributed by atoms with E-state index in [1.165, 1.54) is 0 Å². The second-order valence-corrected chi connectivity index (χ2v) is 9.07. The van der Waals surface area contributed by atoms with Gasteiger partial charge in [-0.15, -0.1) is 0 Å². The van der Waals surface area contributed by atoms with Crippen molar-refractivity contribution < 1.29 is 19.1 Å². The number of nitrogens with zero attached hydrogens (tertiary/aromatic N) is 2. The fourth-order valence-corrected chi connectivity index (χ4v) is 5.24. The molecule has 0 radical (unpaired) electrons. The first kappa shape index (κ1) is 22.5. The number of rotatable bonds is 8. The Morgan fingerprint density at radius 3 is 2.27 bits per heavy atom. The normalized spacial score (nSPS) is 14.4. The van der Waals surface area contributed by atoms with Crippen LogP contribution in [0, 0.1) is 0 Å². The van der Waals surface area contributed by atoms with Gasteiger partial charge in [-0.3, -0.25) is 0 Å². The molecule has 33 heavy (non-hydrogen) atoms. The third-order valence-corrected chi connectivity index (χ3v) is 6.95. The minimum absolute atomic E-state index is 0.0380. The summed E-state index contributed by atoms with van der Waals surface area (Å²) >= 11 is -0.328. The maximum absolute atomic E-state index is 13.3. The zero-order chi connectivity index (χ0) is 23.2. The van der Waals surface area contributed by atoms with E-state index >= 15 is 0 Å². The second kappa shape index (κ2) is 10.3. The Morgan fingerprint density at radius 2 is 1.61 bits per heavy atom. The molecule has 0 saturated carbocycles. The number of Topliss-reactive ketones (excluding diaryl/α,β-unsaturated/α-hetero) is 1. The second-order valence-electron chi connectivity index (χ2n) is 7.09. The summed E-state index contributed by atoms with van der Waals surface area (Å²) in [4.78, 5) is 32.2. The van der Waals surface area contributed by atoms with Crippen LogP contribution in [-0.4, -0.2) is 45.6 Å². The van der Waals surface area contributed by atoms with Crippen molar-refractivity contribution in [2.24, 2.45) is 4.99 Å². The molecule has 6 nitrogen and oxygen atoms in total. The molecule has 0 saturated heterocycles. The molecule has 0 unspecified atom stereocenters. The molecular weight excluding hydrogens is 483 g/mol. The van der Waals surface area contributed by atoms with Crippen LogP contribution in [0.3, 0.4) is 0 Å². The van der Waals surface area contributed by atoms with Gasteiger partial charge in [0, 0.05) is 0 Å². The third-order valence-electron chi connectivity index (χ3n) is 4.98. The van der Waals surface area contributed by atoms with Crippen LogP contribution in [0.5, 0.6) is 11.5 Å². The summed E-state index contributed by atoms with van der Waals surface area (Å²) in [5.74, 6) is 0.991. The zero-order valence-corrected chi connectivity index (χ0v) is 19.9. The van der Waals surface area contributed by atoms with E-state index < -0.39 is 0 Å². The van der Waals surface area contributed by atoms with E-state index in [9.17, 15) is 9.59 Å². The van der Waals surface area contributed by atoms with Crippen LogP contribution in [0.2, 0.25) is 5.32 Å². The zero-order valence-electron chi connectivity index (χ0n) is 18.2. The molecular formula is C26H22N2O4Se. The van der Waals surface area contributed by atoms with Gasteiger partial charge in [0.05, 0.1) is 0 Å². The van der Waals surface area contributed by atoms with Crippen LogP contribution in [-0.2, 0) is 4.79 Å². The first-order chi connectivity index (χ1) is 16.1. The van der Waals surface area contributed by atoms with Crippen molar-refractivity contribution in [3.05, 3.63) is 95.7 Å². The third kappa shape index (κ3) is 5.06. The number of hydrogen-bond acceptors (Lipinski definition) is 5. The fraction of sp³-hybridized carbons (Fsp3) is 0.115. The van der Waals surface area contributed by atoms with Crippen molar-refractivity contribution in [2.75, 3.05) is 19.1 Å². The quantitative estimate of drug-likeness (QED) is 0.258. The molecule has 0 aliphatic carbocycles. The summed E-state index contributed by atoms with van der Waals surface area (Å²) in [6, 6.07) is 24.0. The Labute approximate surface area is 198 Å². The maximum atomic E-state index is 13.3. The van der Waals surface area contributed by atoms with E-state index in [0.717, 1.165) is 11.3 Å². The number of methoxy groups -OCH3 is 2. The first-order valence-corrected chi connectivity index (χ1v) is 12.3. The number of para-hydroxylation sites is 1. The summed E-state index contributed by atoms with van der Waals surface area (Å²) in [6.07, 6.45) is 1.72. The van der Waals surface area contributed by atoms with Gasteiger partial charge in [0.2, 0.25) is 0 Å². The monoisotopic (exact) mass is 506 g/mol. The Balaban J connectivity index is 1.64. The van der Waals surface area contributed by atoms with Crippen LogP contribution in [0.1, 0.15) is 15.9 Å². The molecule has 0 bridgehead atoms. The molecule has 7 heteroatoms. The number of carbonyl (C=O) groups is 2. The predicted molar refractivity (Wildman–Crippen MR) is 130 cm³/mol. The van der Waals surface area contributed by atoms with Gasteiger partial charge in [-0.05, 0) is 0 Å². The molecule has 0 spiro atoms. The average Bonchev–Trinajstić information content (AvgIpc) is 3.18. The van der Waals surface area contributed by atoms with Crippen molar-refractivity contribution in [3.63, 3.8) is 0 Å². The summed E-state index contributed by atoms with van der Waals surface area (Å²) in [5, 5.41) is 0.316. The van der Waals surface area contributed by atoms with E-state index in [1.807, 2.05) is 54.6 Å². The van der Waals surface area contributed by atoms with Crippen molar-refractivity contribution in [2.45, 2.75) is 5.32 Å².